The minimum atomic E-state index is -1.45. The third-order valence-corrected chi connectivity index (χ3v) is 9.75. The molecule has 2 unspecified atom stereocenters. The van der Waals surface area contributed by atoms with Crippen molar-refractivity contribution >= 4 is 71.3 Å². The van der Waals surface area contributed by atoms with Crippen molar-refractivity contribution in [3.8, 4) is 0 Å². The van der Waals surface area contributed by atoms with Gasteiger partial charge >= 0.3 is 0 Å². The molecule has 2 saturated heterocycles. The molecule has 4 aromatic rings. The second kappa shape index (κ2) is 12.8. The summed E-state index contributed by atoms with van der Waals surface area (Å²) in [5, 5.41) is 0.0973. The standard InChI is InChI=1S/C22H27FN8O7P2S2/c23-14-11(13(6-34-39)37-20(14)30-2-1-10-16(30)25-7-26-18(10)32)5-36-40-35-4-9-3-12(38-41)21(42-9)31-8-27-15-17(31)28-22(24)29-19(15)33/h1-2,7-9,11-14,20-21,40-41H,3-6,39H2,(H,25,26,32)(H3,24,28,29,33)/t9-,11+,12+,13+,14-,20+,21+/m0/s1. The van der Waals surface area contributed by atoms with Gasteiger partial charge in [0, 0.05) is 26.8 Å². The van der Waals surface area contributed by atoms with Crippen LogP contribution in [-0.2, 0) is 22.5 Å². The Kier molecular flexibility index (Phi) is 9.15. The van der Waals surface area contributed by atoms with Gasteiger partial charge in [0.15, 0.2) is 32.6 Å². The van der Waals surface area contributed by atoms with Gasteiger partial charge in [0.1, 0.15) is 17.1 Å². The third-order valence-electron chi connectivity index (χ3n) is 7.19. The monoisotopic (exact) mass is 660 g/mol. The molecular formula is C22H27FN8O7P2S2. The fraction of sp³-hybridized carbons (Fsp3) is 0.500. The number of hydrogen-bond acceptors (Lipinski definition) is 13. The van der Waals surface area contributed by atoms with Crippen LogP contribution in [0.3, 0.4) is 0 Å². The van der Waals surface area contributed by atoms with E-state index in [4.69, 9.17) is 28.2 Å². The first-order chi connectivity index (χ1) is 20.4. The van der Waals surface area contributed by atoms with Crippen molar-refractivity contribution in [2.45, 2.75) is 41.7 Å². The lowest BCUT2D eigenvalue weighted by molar-refractivity contribution is -0.0330. The molecule has 9 atom stereocenters. The van der Waals surface area contributed by atoms with Crippen molar-refractivity contribution < 1.29 is 26.9 Å². The Hall–Kier alpha value is -2.14. The summed E-state index contributed by atoms with van der Waals surface area (Å²) in [5.74, 6) is -0.649. The van der Waals surface area contributed by atoms with Crippen LogP contribution in [0.2, 0.25) is 0 Å². The molecule has 0 saturated carbocycles. The summed E-state index contributed by atoms with van der Waals surface area (Å²) in [7, 11) is 1.80. The Balaban J connectivity index is 1.04. The van der Waals surface area contributed by atoms with E-state index >= 15 is 4.39 Å². The van der Waals surface area contributed by atoms with Crippen LogP contribution in [0.1, 0.15) is 18.0 Å². The highest BCUT2D eigenvalue weighted by atomic mass is 32.2. The Labute approximate surface area is 250 Å². The van der Waals surface area contributed by atoms with Gasteiger partial charge in [-0.1, -0.05) is 0 Å². The van der Waals surface area contributed by atoms with Gasteiger partial charge in [-0.2, -0.15) is 4.98 Å². The average molecular weight is 661 g/mol. The van der Waals surface area contributed by atoms with Crippen LogP contribution in [0.25, 0.3) is 22.2 Å². The van der Waals surface area contributed by atoms with Gasteiger partial charge in [0.25, 0.3) is 11.1 Å². The molecular weight excluding hydrogens is 633 g/mol. The minimum Gasteiger partial charge on any atom is -0.369 e. The highest BCUT2D eigenvalue weighted by Gasteiger charge is 2.46. The van der Waals surface area contributed by atoms with Gasteiger partial charge < -0.3 is 37.8 Å². The second-order valence-corrected chi connectivity index (χ2v) is 12.4. The van der Waals surface area contributed by atoms with Gasteiger partial charge in [-0.05, 0) is 25.4 Å². The zero-order valence-electron chi connectivity index (χ0n) is 21.7. The Morgan fingerprint density at radius 2 is 2.05 bits per heavy atom. The number of nitrogens with two attached hydrogens (primary N) is 1. The zero-order chi connectivity index (χ0) is 29.4. The maximum Gasteiger partial charge on any atom is 0.280 e. The van der Waals surface area contributed by atoms with E-state index in [2.05, 4.69) is 47.3 Å². The van der Waals surface area contributed by atoms with Crippen molar-refractivity contribution in [3.05, 3.63) is 45.6 Å². The number of halogens is 1. The summed E-state index contributed by atoms with van der Waals surface area (Å²) < 4.78 is 47.1. The zero-order valence-corrected chi connectivity index (χ0v) is 25.5. The van der Waals surface area contributed by atoms with Crippen LogP contribution in [0.4, 0.5) is 10.3 Å². The molecule has 0 aliphatic carbocycles. The lowest BCUT2D eigenvalue weighted by atomic mass is 10.0. The third kappa shape index (κ3) is 5.72. The molecule has 2 aliphatic heterocycles. The predicted octanol–water partition coefficient (Wildman–Crippen LogP) is 1.87. The number of aromatic nitrogens is 7. The Bertz CT molecular complexity index is 1670. The number of ether oxygens (including phenoxy) is 1. The fourth-order valence-electron chi connectivity index (χ4n) is 5.23. The summed E-state index contributed by atoms with van der Waals surface area (Å²) >= 11 is 5.61. The van der Waals surface area contributed by atoms with Gasteiger partial charge in [-0.3, -0.25) is 19.1 Å². The molecule has 4 N–H and O–H groups in total. The molecule has 226 valence electrons. The van der Waals surface area contributed by atoms with E-state index in [0.717, 1.165) is 0 Å². The summed E-state index contributed by atoms with van der Waals surface area (Å²) in [4.78, 5) is 41.8. The number of anilines is 1. The van der Waals surface area contributed by atoms with Gasteiger partial charge in [0.05, 0.1) is 44.0 Å². The number of thiol groups is 1. The van der Waals surface area contributed by atoms with Crippen molar-refractivity contribution in [1.82, 2.24) is 34.1 Å². The van der Waals surface area contributed by atoms with Crippen LogP contribution in [0, 0.1) is 5.92 Å². The highest BCUT2D eigenvalue weighted by Crippen LogP contribution is 2.45. The van der Waals surface area contributed by atoms with E-state index in [1.807, 2.05) is 0 Å². The van der Waals surface area contributed by atoms with Crippen molar-refractivity contribution in [2.75, 3.05) is 25.6 Å². The number of nitrogen functional groups attached to an aromatic ring is 1. The average Bonchev–Trinajstić information content (AvgIpc) is 3.74. The number of hydrogen-bond donors (Lipinski definition) is 4. The molecule has 4 aromatic heterocycles. The van der Waals surface area contributed by atoms with Crippen molar-refractivity contribution in [1.29, 1.82) is 0 Å². The molecule has 0 radical (unpaired) electrons. The Morgan fingerprint density at radius 3 is 2.86 bits per heavy atom. The number of rotatable bonds is 11. The normalized spacial score (nSPS) is 28.2. The van der Waals surface area contributed by atoms with E-state index in [0.29, 0.717) is 29.7 Å². The molecule has 0 spiro atoms. The largest absolute Gasteiger partial charge is 0.369 e. The highest BCUT2D eigenvalue weighted by molar-refractivity contribution is 8.00. The van der Waals surface area contributed by atoms with E-state index in [-0.39, 0.29) is 56.0 Å². The summed E-state index contributed by atoms with van der Waals surface area (Å²) in [6, 6.07) is 1.58. The molecule has 0 bridgehead atoms. The number of alkyl halides is 1. The second-order valence-electron chi connectivity index (χ2n) is 9.71. The first-order valence-electron chi connectivity index (χ1n) is 12.7. The smallest absolute Gasteiger partial charge is 0.280 e. The number of nitrogens with one attached hydrogen (secondary N) is 2. The maximum atomic E-state index is 15.7. The molecule has 6 heterocycles. The maximum absolute atomic E-state index is 15.7. The molecule has 20 heteroatoms. The molecule has 0 aromatic carbocycles. The van der Waals surface area contributed by atoms with E-state index < -0.39 is 30.0 Å². The van der Waals surface area contributed by atoms with Crippen LogP contribution >= 0.6 is 43.2 Å². The molecule has 15 nitrogen and oxygen atoms in total. The summed E-state index contributed by atoms with van der Waals surface area (Å²) in [5.41, 5.74) is 5.86. The number of imidazole rings is 1. The van der Waals surface area contributed by atoms with E-state index in [1.165, 1.54) is 17.2 Å². The first-order valence-corrected chi connectivity index (χ1v) is 15.3. The van der Waals surface area contributed by atoms with Crippen molar-refractivity contribution in [3.63, 3.8) is 0 Å². The molecule has 0 amide bonds. The summed E-state index contributed by atoms with van der Waals surface area (Å²) in [6.45, 7) is 0.507. The van der Waals surface area contributed by atoms with Gasteiger partial charge in [-0.25, -0.2) is 14.4 Å². The van der Waals surface area contributed by atoms with Crippen LogP contribution in [0.15, 0.2) is 34.5 Å². The molecule has 6 rings (SSSR count). The number of aromatic amines is 2. The van der Waals surface area contributed by atoms with Gasteiger partial charge in [-0.15, -0.1) is 11.8 Å². The molecule has 2 aliphatic rings. The van der Waals surface area contributed by atoms with Crippen molar-refractivity contribution in [2.24, 2.45) is 5.92 Å². The number of thioether (sulfide) groups is 1. The topological polar surface area (TPSA) is 186 Å². The fourth-order valence-corrected chi connectivity index (χ4v) is 7.90. The number of nitrogens with zero attached hydrogens (tertiary/aromatic N) is 5. The lowest BCUT2D eigenvalue weighted by Gasteiger charge is -2.18. The summed E-state index contributed by atoms with van der Waals surface area (Å²) in [6.07, 6.45) is 1.65. The lowest BCUT2D eigenvalue weighted by Crippen LogP contribution is -2.29. The van der Waals surface area contributed by atoms with Crippen LogP contribution in [-0.4, -0.2) is 77.5 Å². The molecule has 2 fully saturated rings. The SMILES string of the molecule is Nc1nc2c(ncn2[C@@H]2S[C@H](COPOC[C@H]3[C@H](F)[C@H](n4ccc5c(=O)[nH]cnc54)O[C@@H]3COP)C[C@H]2OS)c(=O)[nH]1. The quantitative estimate of drug-likeness (QED) is 0.0794. The minimum absolute atomic E-state index is 0.00607. The Morgan fingerprint density at radius 1 is 1.21 bits per heavy atom. The number of fused-ring (bicyclic) bond motifs is 2. The van der Waals surface area contributed by atoms with Gasteiger partial charge in [0.2, 0.25) is 5.95 Å². The number of H-pyrrole nitrogens is 2. The first kappa shape index (κ1) is 29.9. The molecule has 42 heavy (non-hydrogen) atoms. The van der Waals surface area contributed by atoms with Crippen LogP contribution < -0.4 is 16.9 Å². The van der Waals surface area contributed by atoms with E-state index in [1.54, 1.807) is 28.6 Å². The predicted molar refractivity (Wildman–Crippen MR) is 160 cm³/mol. The van der Waals surface area contributed by atoms with Crippen LogP contribution in [0.5, 0.6) is 0 Å². The van der Waals surface area contributed by atoms with E-state index in [9.17, 15) is 9.59 Å².